The topological polar surface area (TPSA) is 70.5 Å². The van der Waals surface area contributed by atoms with E-state index in [0.717, 1.165) is 60.3 Å². The quantitative estimate of drug-likeness (QED) is 0.537. The second kappa shape index (κ2) is 11.3. The lowest BCUT2D eigenvalue weighted by molar-refractivity contribution is -0.121. The molecule has 1 aliphatic heterocycles. The molecule has 1 saturated heterocycles. The highest BCUT2D eigenvalue weighted by molar-refractivity contribution is 6.30. The number of amides is 1. The number of hydrogen-bond acceptors (Lipinski definition) is 5. The Morgan fingerprint density at radius 2 is 1.76 bits per heavy atom. The summed E-state index contributed by atoms with van der Waals surface area (Å²) in [7, 11) is 0. The van der Waals surface area contributed by atoms with E-state index in [0.29, 0.717) is 6.54 Å². The number of rotatable bonds is 8. The van der Waals surface area contributed by atoms with Crippen LogP contribution in [-0.4, -0.2) is 59.9 Å². The van der Waals surface area contributed by atoms with E-state index >= 15 is 0 Å². The SMILES string of the molecule is Cc1ccc(-c2ccc(=O)n(CCC(=O)NCCN3CCN(c4cccc(Cl)c4)CC3)n2)cc1. The van der Waals surface area contributed by atoms with E-state index in [1.54, 1.807) is 6.07 Å². The number of nitrogens with zero attached hydrogens (tertiary/aromatic N) is 4. The molecule has 7 nitrogen and oxygen atoms in total. The van der Waals surface area contributed by atoms with Gasteiger partial charge < -0.3 is 10.2 Å². The van der Waals surface area contributed by atoms with E-state index in [1.165, 1.54) is 10.7 Å². The first-order chi connectivity index (χ1) is 16.5. The number of aromatic nitrogens is 2. The van der Waals surface area contributed by atoms with Gasteiger partial charge in [-0.1, -0.05) is 47.5 Å². The highest BCUT2D eigenvalue weighted by atomic mass is 35.5. The van der Waals surface area contributed by atoms with Crippen molar-refractivity contribution in [3.8, 4) is 11.3 Å². The fourth-order valence-corrected chi connectivity index (χ4v) is 4.22. The van der Waals surface area contributed by atoms with Crippen LogP contribution in [0.4, 0.5) is 5.69 Å². The highest BCUT2D eigenvalue weighted by Crippen LogP contribution is 2.20. The normalized spacial score (nSPS) is 14.2. The average molecular weight is 480 g/mol. The van der Waals surface area contributed by atoms with Gasteiger partial charge in [-0.15, -0.1) is 0 Å². The lowest BCUT2D eigenvalue weighted by atomic mass is 10.1. The smallest absolute Gasteiger partial charge is 0.266 e. The Morgan fingerprint density at radius 1 is 1.00 bits per heavy atom. The van der Waals surface area contributed by atoms with Gasteiger partial charge in [0.1, 0.15) is 0 Å². The summed E-state index contributed by atoms with van der Waals surface area (Å²) in [6.07, 6.45) is 0.215. The van der Waals surface area contributed by atoms with Crippen molar-refractivity contribution < 1.29 is 4.79 Å². The van der Waals surface area contributed by atoms with Gasteiger partial charge in [0, 0.05) is 68.0 Å². The second-order valence-corrected chi connectivity index (χ2v) is 8.99. The number of aryl methyl sites for hydroxylation is 2. The number of benzene rings is 2. The third kappa shape index (κ3) is 6.46. The molecule has 0 bridgehead atoms. The molecule has 0 saturated carbocycles. The van der Waals surface area contributed by atoms with Crippen LogP contribution in [-0.2, 0) is 11.3 Å². The highest BCUT2D eigenvalue weighted by Gasteiger charge is 2.17. The zero-order valence-electron chi connectivity index (χ0n) is 19.4. The monoisotopic (exact) mass is 479 g/mol. The van der Waals surface area contributed by atoms with E-state index in [1.807, 2.05) is 49.4 Å². The van der Waals surface area contributed by atoms with Gasteiger partial charge in [0.15, 0.2) is 0 Å². The summed E-state index contributed by atoms with van der Waals surface area (Å²) in [5, 5.41) is 8.16. The summed E-state index contributed by atoms with van der Waals surface area (Å²) in [4.78, 5) is 29.2. The first-order valence-electron chi connectivity index (χ1n) is 11.6. The van der Waals surface area contributed by atoms with Crippen molar-refractivity contribution in [3.63, 3.8) is 0 Å². The maximum absolute atomic E-state index is 12.3. The van der Waals surface area contributed by atoms with Crippen LogP contribution in [0.2, 0.25) is 5.02 Å². The van der Waals surface area contributed by atoms with Crippen LogP contribution in [0.25, 0.3) is 11.3 Å². The van der Waals surface area contributed by atoms with Crippen LogP contribution in [0.3, 0.4) is 0 Å². The lowest BCUT2D eigenvalue weighted by Crippen LogP contribution is -2.48. The minimum Gasteiger partial charge on any atom is -0.369 e. The molecule has 8 heteroatoms. The van der Waals surface area contributed by atoms with Crippen molar-refractivity contribution in [2.24, 2.45) is 0 Å². The van der Waals surface area contributed by atoms with Gasteiger partial charge in [0.05, 0.1) is 12.2 Å². The summed E-state index contributed by atoms with van der Waals surface area (Å²) < 4.78 is 1.36. The molecule has 1 aliphatic rings. The summed E-state index contributed by atoms with van der Waals surface area (Å²) in [5.74, 6) is -0.0768. The summed E-state index contributed by atoms with van der Waals surface area (Å²) in [5.41, 5.74) is 3.77. The van der Waals surface area contributed by atoms with Gasteiger partial charge >= 0.3 is 0 Å². The first kappa shape index (κ1) is 24.0. The maximum atomic E-state index is 12.3. The second-order valence-electron chi connectivity index (χ2n) is 8.55. The van der Waals surface area contributed by atoms with Crippen molar-refractivity contribution in [1.82, 2.24) is 20.0 Å². The molecule has 34 heavy (non-hydrogen) atoms. The number of anilines is 1. The Hall–Kier alpha value is -3.16. The molecule has 0 aliphatic carbocycles. The zero-order valence-corrected chi connectivity index (χ0v) is 20.2. The van der Waals surface area contributed by atoms with E-state index < -0.39 is 0 Å². The van der Waals surface area contributed by atoms with Gasteiger partial charge in [0.25, 0.3) is 5.56 Å². The molecule has 1 fully saturated rings. The van der Waals surface area contributed by atoms with Crippen LogP contribution in [0.15, 0.2) is 65.5 Å². The first-order valence-corrected chi connectivity index (χ1v) is 12.0. The third-order valence-electron chi connectivity index (χ3n) is 6.06. The fourth-order valence-electron chi connectivity index (χ4n) is 4.04. The number of halogens is 1. The third-order valence-corrected chi connectivity index (χ3v) is 6.30. The molecular weight excluding hydrogens is 450 g/mol. The summed E-state index contributed by atoms with van der Waals surface area (Å²) >= 11 is 6.11. The maximum Gasteiger partial charge on any atom is 0.266 e. The Balaban J connectivity index is 1.20. The average Bonchev–Trinajstić information content (AvgIpc) is 2.84. The van der Waals surface area contributed by atoms with Gasteiger partial charge in [-0.05, 0) is 31.2 Å². The molecule has 4 rings (SSSR count). The van der Waals surface area contributed by atoms with E-state index in [-0.39, 0.29) is 24.4 Å². The zero-order chi connectivity index (χ0) is 23.9. The van der Waals surface area contributed by atoms with Crippen molar-refractivity contribution in [2.75, 3.05) is 44.2 Å². The number of carbonyl (C=O) groups excluding carboxylic acids is 1. The molecule has 0 radical (unpaired) electrons. The van der Waals surface area contributed by atoms with Crippen molar-refractivity contribution in [1.29, 1.82) is 0 Å². The lowest BCUT2D eigenvalue weighted by Gasteiger charge is -2.36. The number of piperazine rings is 1. The summed E-state index contributed by atoms with van der Waals surface area (Å²) in [6, 6.07) is 19.1. The Bertz CT molecular complexity index is 1170. The van der Waals surface area contributed by atoms with Crippen LogP contribution in [0, 0.1) is 6.92 Å². The van der Waals surface area contributed by atoms with Crippen LogP contribution in [0.1, 0.15) is 12.0 Å². The largest absolute Gasteiger partial charge is 0.369 e. The molecule has 0 spiro atoms. The number of hydrogen-bond donors (Lipinski definition) is 1. The number of nitrogens with one attached hydrogen (secondary N) is 1. The molecule has 1 N–H and O–H groups in total. The number of carbonyl (C=O) groups is 1. The van der Waals surface area contributed by atoms with Gasteiger partial charge in [0.2, 0.25) is 5.91 Å². The molecular formula is C26H30ClN5O2. The standard InChI is InChI=1S/C26H30ClN5O2/c1-20-5-7-21(8-6-20)24-9-10-26(34)32(29-24)13-11-25(33)28-12-14-30-15-17-31(18-16-30)23-4-2-3-22(27)19-23/h2-10,19H,11-18H2,1H3,(H,28,33). The van der Waals surface area contributed by atoms with Gasteiger partial charge in [-0.25, -0.2) is 4.68 Å². The predicted molar refractivity (Wildman–Crippen MR) is 136 cm³/mol. The van der Waals surface area contributed by atoms with Gasteiger partial charge in [-0.3, -0.25) is 14.5 Å². The Kier molecular flexibility index (Phi) is 7.98. The fraction of sp³-hybridized carbons (Fsp3) is 0.346. The summed E-state index contributed by atoms with van der Waals surface area (Å²) in [6.45, 7) is 7.40. The van der Waals surface area contributed by atoms with Gasteiger partial charge in [-0.2, -0.15) is 5.10 Å². The van der Waals surface area contributed by atoms with Crippen molar-refractivity contribution in [3.05, 3.63) is 81.6 Å². The molecule has 1 aromatic heterocycles. The molecule has 0 atom stereocenters. The molecule has 1 amide bonds. The van der Waals surface area contributed by atoms with Crippen LogP contribution in [0.5, 0.6) is 0 Å². The molecule has 0 unspecified atom stereocenters. The molecule has 3 aromatic rings. The van der Waals surface area contributed by atoms with E-state index in [2.05, 4.69) is 26.3 Å². The molecule has 2 heterocycles. The van der Waals surface area contributed by atoms with Crippen LogP contribution < -0.4 is 15.8 Å². The van der Waals surface area contributed by atoms with Crippen molar-refractivity contribution >= 4 is 23.2 Å². The minimum absolute atomic E-state index is 0.0768. The molecule has 178 valence electrons. The predicted octanol–water partition coefficient (Wildman–Crippen LogP) is 3.20. The van der Waals surface area contributed by atoms with Crippen molar-refractivity contribution in [2.45, 2.75) is 19.9 Å². The Labute approximate surface area is 205 Å². The minimum atomic E-state index is -0.207. The van der Waals surface area contributed by atoms with E-state index in [9.17, 15) is 9.59 Å². The van der Waals surface area contributed by atoms with E-state index in [4.69, 9.17) is 11.6 Å². The Morgan fingerprint density at radius 3 is 2.50 bits per heavy atom. The molecule has 2 aromatic carbocycles. The van der Waals surface area contributed by atoms with Crippen LogP contribution >= 0.6 is 11.6 Å².